The Morgan fingerprint density at radius 1 is 1.12 bits per heavy atom. The number of likely N-dealkylation sites (N-methyl/N-ethyl adjacent to an activating group) is 1. The topological polar surface area (TPSA) is 110 Å². The van der Waals surface area contributed by atoms with Gasteiger partial charge < -0.3 is 25.3 Å². The molecule has 0 aliphatic carbocycles. The number of amides is 1. The second kappa shape index (κ2) is 11.2. The number of carboxylic acid groups (broad SMARTS) is 2. The van der Waals surface area contributed by atoms with E-state index in [9.17, 15) is 4.79 Å². The molecule has 26 heavy (non-hydrogen) atoms. The zero-order valence-corrected chi connectivity index (χ0v) is 15.3. The van der Waals surface area contributed by atoms with Crippen molar-refractivity contribution in [1.82, 2.24) is 10.2 Å². The highest BCUT2D eigenvalue weighted by Crippen LogP contribution is 2.27. The quantitative estimate of drug-likeness (QED) is 0.481. The molecule has 3 N–H and O–H groups in total. The summed E-state index contributed by atoms with van der Waals surface area (Å²) in [4.78, 5) is 34.7. The van der Waals surface area contributed by atoms with E-state index >= 15 is 0 Å². The Morgan fingerprint density at radius 2 is 1.73 bits per heavy atom. The van der Waals surface area contributed by atoms with Crippen LogP contribution in [-0.2, 0) is 20.8 Å². The predicted octanol–water partition coefficient (Wildman–Crippen LogP) is 0.663. The number of fused-ring (bicyclic) bond motifs is 1. The van der Waals surface area contributed by atoms with E-state index in [1.807, 2.05) is 23.1 Å². The summed E-state index contributed by atoms with van der Waals surface area (Å²) < 4.78 is 0. The van der Waals surface area contributed by atoms with Crippen molar-refractivity contribution in [2.75, 3.05) is 44.2 Å². The first-order valence-electron chi connectivity index (χ1n) is 8.68. The third-order valence-electron chi connectivity index (χ3n) is 4.15. The fourth-order valence-electron chi connectivity index (χ4n) is 2.67. The molecule has 0 unspecified atom stereocenters. The normalized spacial score (nSPS) is 12.3. The number of para-hydroxylation sites is 1. The number of rotatable bonds is 7. The van der Waals surface area contributed by atoms with Crippen molar-refractivity contribution < 1.29 is 24.6 Å². The van der Waals surface area contributed by atoms with Crippen LogP contribution in [0.4, 0.5) is 5.69 Å². The molecule has 0 saturated heterocycles. The average Bonchev–Trinajstić information content (AvgIpc) is 3.06. The fraction of sp³-hybridized carbons (Fsp3) is 0.500. The van der Waals surface area contributed by atoms with Crippen LogP contribution in [0.25, 0.3) is 0 Å². The van der Waals surface area contributed by atoms with Crippen LogP contribution < -0.4 is 10.2 Å². The van der Waals surface area contributed by atoms with Gasteiger partial charge in [-0.2, -0.15) is 0 Å². The molecule has 1 aromatic rings. The first kappa shape index (κ1) is 21.6. The summed E-state index contributed by atoms with van der Waals surface area (Å²) in [5, 5.41) is 18.0. The number of hydrogen-bond donors (Lipinski definition) is 3. The van der Waals surface area contributed by atoms with Crippen LogP contribution >= 0.6 is 0 Å². The van der Waals surface area contributed by atoms with E-state index in [-0.39, 0.29) is 5.91 Å². The number of nitrogens with one attached hydrogen (secondary N) is 1. The number of nitrogens with zero attached hydrogens (tertiary/aromatic N) is 2. The molecule has 144 valence electrons. The van der Waals surface area contributed by atoms with Crippen LogP contribution in [-0.4, -0.2) is 72.2 Å². The number of hydrogen-bond acceptors (Lipinski definition) is 5. The molecule has 0 aromatic heterocycles. The number of carboxylic acids is 2. The summed E-state index contributed by atoms with van der Waals surface area (Å²) in [5.41, 5.74) is 2.37. The first-order valence-corrected chi connectivity index (χ1v) is 8.68. The minimum absolute atomic E-state index is 0.175. The summed E-state index contributed by atoms with van der Waals surface area (Å²) in [6.07, 6.45) is 0.974. The minimum atomic E-state index is -1.82. The van der Waals surface area contributed by atoms with Gasteiger partial charge in [0.15, 0.2) is 0 Å². The summed E-state index contributed by atoms with van der Waals surface area (Å²) >= 11 is 0. The van der Waals surface area contributed by atoms with Gasteiger partial charge in [-0.05, 0) is 31.1 Å². The van der Waals surface area contributed by atoms with E-state index in [0.717, 1.165) is 44.8 Å². The smallest absolute Gasteiger partial charge is 0.414 e. The highest BCUT2D eigenvalue weighted by atomic mass is 16.4. The van der Waals surface area contributed by atoms with Gasteiger partial charge in [-0.3, -0.25) is 4.79 Å². The fourth-order valence-corrected chi connectivity index (χ4v) is 2.67. The minimum Gasteiger partial charge on any atom is -0.473 e. The Balaban J connectivity index is 0.000000487. The van der Waals surface area contributed by atoms with Crippen LogP contribution in [0.2, 0.25) is 0 Å². The maximum atomic E-state index is 12.2. The third-order valence-corrected chi connectivity index (χ3v) is 4.15. The van der Waals surface area contributed by atoms with Gasteiger partial charge in [0.1, 0.15) is 0 Å². The molecule has 0 bridgehead atoms. The Bertz CT molecular complexity index is 605. The SMILES string of the molecule is CCN(CC)CCNCC(=O)N1CCc2ccccc21.O=C(O)C(=O)O. The van der Waals surface area contributed by atoms with E-state index in [0.29, 0.717) is 6.54 Å². The highest BCUT2D eigenvalue weighted by Gasteiger charge is 2.23. The number of carbonyl (C=O) groups is 3. The molecular formula is C18H27N3O5. The van der Waals surface area contributed by atoms with E-state index < -0.39 is 11.9 Å². The second-order valence-electron chi connectivity index (χ2n) is 5.74. The highest BCUT2D eigenvalue weighted by molar-refractivity contribution is 6.27. The summed E-state index contributed by atoms with van der Waals surface area (Å²) in [6, 6.07) is 8.18. The van der Waals surface area contributed by atoms with Crippen LogP contribution in [0.5, 0.6) is 0 Å². The van der Waals surface area contributed by atoms with Gasteiger partial charge >= 0.3 is 11.9 Å². The van der Waals surface area contributed by atoms with Crippen molar-refractivity contribution in [2.45, 2.75) is 20.3 Å². The van der Waals surface area contributed by atoms with Crippen molar-refractivity contribution in [3.63, 3.8) is 0 Å². The number of aliphatic carboxylic acids is 2. The molecule has 1 aliphatic heterocycles. The van der Waals surface area contributed by atoms with Gasteiger partial charge in [0, 0.05) is 25.3 Å². The Morgan fingerprint density at radius 3 is 2.31 bits per heavy atom. The van der Waals surface area contributed by atoms with Gasteiger partial charge in [-0.1, -0.05) is 32.0 Å². The Labute approximate surface area is 153 Å². The molecule has 0 radical (unpaired) electrons. The molecule has 0 atom stereocenters. The van der Waals surface area contributed by atoms with E-state index in [2.05, 4.69) is 30.1 Å². The van der Waals surface area contributed by atoms with Crippen LogP contribution in [0.3, 0.4) is 0 Å². The Hall–Kier alpha value is -2.45. The van der Waals surface area contributed by atoms with Crippen LogP contribution in [0, 0.1) is 0 Å². The Kier molecular flexibility index (Phi) is 9.32. The maximum absolute atomic E-state index is 12.2. The zero-order valence-electron chi connectivity index (χ0n) is 15.3. The van der Waals surface area contributed by atoms with Crippen molar-refractivity contribution in [2.24, 2.45) is 0 Å². The van der Waals surface area contributed by atoms with Crippen LogP contribution in [0.15, 0.2) is 24.3 Å². The summed E-state index contributed by atoms with van der Waals surface area (Å²) in [7, 11) is 0. The lowest BCUT2D eigenvalue weighted by atomic mass is 10.2. The molecule has 1 aromatic carbocycles. The monoisotopic (exact) mass is 365 g/mol. The molecule has 8 heteroatoms. The van der Waals surface area contributed by atoms with E-state index in [1.165, 1.54) is 5.56 Å². The third kappa shape index (κ3) is 6.81. The van der Waals surface area contributed by atoms with Crippen molar-refractivity contribution in [3.8, 4) is 0 Å². The molecule has 8 nitrogen and oxygen atoms in total. The lowest BCUT2D eigenvalue weighted by molar-refractivity contribution is -0.159. The molecule has 1 heterocycles. The zero-order chi connectivity index (χ0) is 19.5. The van der Waals surface area contributed by atoms with E-state index in [4.69, 9.17) is 19.8 Å². The van der Waals surface area contributed by atoms with Crippen molar-refractivity contribution in [3.05, 3.63) is 29.8 Å². The maximum Gasteiger partial charge on any atom is 0.414 e. The van der Waals surface area contributed by atoms with E-state index in [1.54, 1.807) is 0 Å². The lowest BCUT2D eigenvalue weighted by Crippen LogP contribution is -2.40. The number of anilines is 1. The average molecular weight is 365 g/mol. The first-order chi connectivity index (χ1) is 12.4. The molecular weight excluding hydrogens is 338 g/mol. The number of carbonyl (C=O) groups excluding carboxylic acids is 1. The van der Waals surface area contributed by atoms with Gasteiger partial charge in [-0.25, -0.2) is 9.59 Å². The number of benzene rings is 1. The molecule has 0 fully saturated rings. The predicted molar refractivity (Wildman–Crippen MR) is 98.4 cm³/mol. The largest absolute Gasteiger partial charge is 0.473 e. The standard InChI is InChI=1S/C16H25N3O.C2H2O4/c1-3-18(4-2)12-10-17-13-16(20)19-11-9-14-7-5-6-8-15(14)19;3-1(4)2(5)6/h5-8,17H,3-4,9-13H2,1-2H3;(H,3,4)(H,5,6). The second-order valence-corrected chi connectivity index (χ2v) is 5.74. The van der Waals surface area contributed by atoms with Crippen LogP contribution in [0.1, 0.15) is 19.4 Å². The molecule has 2 rings (SSSR count). The lowest BCUT2D eigenvalue weighted by Gasteiger charge is -2.20. The van der Waals surface area contributed by atoms with Gasteiger partial charge in [0.2, 0.25) is 5.91 Å². The summed E-state index contributed by atoms with van der Waals surface area (Å²) in [6.45, 7) is 9.55. The van der Waals surface area contributed by atoms with Crippen molar-refractivity contribution in [1.29, 1.82) is 0 Å². The molecule has 0 saturated carbocycles. The molecule has 1 amide bonds. The van der Waals surface area contributed by atoms with Crippen molar-refractivity contribution >= 4 is 23.5 Å². The molecule has 1 aliphatic rings. The summed E-state index contributed by atoms with van der Waals surface area (Å²) in [5.74, 6) is -3.47. The molecule has 0 spiro atoms. The van der Waals surface area contributed by atoms with Gasteiger partial charge in [0.25, 0.3) is 0 Å². The van der Waals surface area contributed by atoms with Gasteiger partial charge in [0.05, 0.1) is 6.54 Å². The van der Waals surface area contributed by atoms with Gasteiger partial charge in [-0.15, -0.1) is 0 Å².